The summed E-state index contributed by atoms with van der Waals surface area (Å²) in [7, 11) is 0. The van der Waals surface area contributed by atoms with Crippen LogP contribution in [-0.4, -0.2) is 13.2 Å². The molecule has 1 aromatic carbocycles. The zero-order chi connectivity index (χ0) is 12.8. The molecule has 2 rings (SSSR count). The van der Waals surface area contributed by atoms with Gasteiger partial charge in [-0.2, -0.15) is 0 Å². The van der Waals surface area contributed by atoms with Crippen LogP contribution in [0.1, 0.15) is 22.8 Å². The molecule has 0 bridgehead atoms. The standard InChI is InChI=1S/C15H19NOS/c1-12-5-2-3-6-14(12)17-9-8-13(11-16)15-7-4-10-18-15/h2-7,10,13H,8-9,11,16H2,1H3. The topological polar surface area (TPSA) is 35.2 Å². The minimum absolute atomic E-state index is 0.411. The fraction of sp³-hybridized carbons (Fsp3) is 0.333. The van der Waals surface area contributed by atoms with E-state index in [1.165, 1.54) is 10.4 Å². The van der Waals surface area contributed by atoms with Gasteiger partial charge >= 0.3 is 0 Å². The predicted octanol–water partition coefficient (Wildman–Crippen LogP) is 3.57. The molecule has 0 spiro atoms. The van der Waals surface area contributed by atoms with Crippen LogP contribution in [0.3, 0.4) is 0 Å². The molecule has 1 atom stereocenters. The number of hydrogen-bond acceptors (Lipinski definition) is 3. The molecule has 1 unspecified atom stereocenters. The van der Waals surface area contributed by atoms with Crippen molar-refractivity contribution in [1.29, 1.82) is 0 Å². The van der Waals surface area contributed by atoms with Gasteiger partial charge in [0.15, 0.2) is 0 Å². The van der Waals surface area contributed by atoms with E-state index in [9.17, 15) is 0 Å². The first-order valence-electron chi connectivity index (χ1n) is 6.23. The van der Waals surface area contributed by atoms with E-state index in [2.05, 4.69) is 30.5 Å². The summed E-state index contributed by atoms with van der Waals surface area (Å²) in [5.74, 6) is 1.38. The monoisotopic (exact) mass is 261 g/mol. The fourth-order valence-corrected chi connectivity index (χ4v) is 2.81. The van der Waals surface area contributed by atoms with Crippen molar-refractivity contribution in [3.05, 3.63) is 52.2 Å². The SMILES string of the molecule is Cc1ccccc1OCCC(CN)c1cccs1. The number of hydrogen-bond donors (Lipinski definition) is 1. The number of rotatable bonds is 6. The van der Waals surface area contributed by atoms with E-state index >= 15 is 0 Å². The summed E-state index contributed by atoms with van der Waals surface area (Å²) in [5, 5.41) is 2.10. The van der Waals surface area contributed by atoms with E-state index in [1.807, 2.05) is 18.2 Å². The number of nitrogens with two attached hydrogens (primary N) is 1. The van der Waals surface area contributed by atoms with Gasteiger partial charge in [0.25, 0.3) is 0 Å². The predicted molar refractivity (Wildman–Crippen MR) is 77.4 cm³/mol. The molecule has 0 saturated carbocycles. The van der Waals surface area contributed by atoms with Gasteiger partial charge in [-0.15, -0.1) is 11.3 Å². The van der Waals surface area contributed by atoms with Gasteiger partial charge in [-0.3, -0.25) is 0 Å². The highest BCUT2D eigenvalue weighted by molar-refractivity contribution is 7.10. The van der Waals surface area contributed by atoms with Gasteiger partial charge in [-0.1, -0.05) is 24.3 Å². The molecule has 2 aromatic rings. The second-order valence-corrected chi connectivity index (χ2v) is 5.33. The fourth-order valence-electron chi connectivity index (χ4n) is 1.93. The lowest BCUT2D eigenvalue weighted by Gasteiger charge is -2.14. The number of thiophene rings is 1. The van der Waals surface area contributed by atoms with Crippen LogP contribution in [0, 0.1) is 6.92 Å². The Balaban J connectivity index is 1.86. The molecular weight excluding hydrogens is 242 g/mol. The van der Waals surface area contributed by atoms with Gasteiger partial charge in [-0.25, -0.2) is 0 Å². The van der Waals surface area contributed by atoms with Gasteiger partial charge in [0.1, 0.15) is 5.75 Å². The van der Waals surface area contributed by atoms with Crippen LogP contribution in [0.5, 0.6) is 5.75 Å². The van der Waals surface area contributed by atoms with Crippen molar-refractivity contribution in [1.82, 2.24) is 0 Å². The second kappa shape index (κ2) is 6.57. The second-order valence-electron chi connectivity index (χ2n) is 4.35. The van der Waals surface area contributed by atoms with Crippen molar-refractivity contribution in [2.24, 2.45) is 5.73 Å². The average molecular weight is 261 g/mol. The number of aryl methyl sites for hydroxylation is 1. The number of ether oxygens (including phenoxy) is 1. The molecule has 0 amide bonds. The highest BCUT2D eigenvalue weighted by atomic mass is 32.1. The van der Waals surface area contributed by atoms with Crippen LogP contribution in [0.15, 0.2) is 41.8 Å². The summed E-state index contributed by atoms with van der Waals surface area (Å²) in [6.45, 7) is 3.46. The number of para-hydroxylation sites is 1. The molecule has 96 valence electrons. The minimum Gasteiger partial charge on any atom is -0.493 e. The van der Waals surface area contributed by atoms with Gasteiger partial charge in [0.2, 0.25) is 0 Å². The van der Waals surface area contributed by atoms with Crippen molar-refractivity contribution in [3.8, 4) is 5.75 Å². The molecule has 0 fully saturated rings. The van der Waals surface area contributed by atoms with Crippen LogP contribution in [0.4, 0.5) is 0 Å². The van der Waals surface area contributed by atoms with Crippen molar-refractivity contribution in [3.63, 3.8) is 0 Å². The minimum atomic E-state index is 0.411. The molecule has 0 aliphatic carbocycles. The van der Waals surface area contributed by atoms with E-state index in [4.69, 9.17) is 10.5 Å². The Morgan fingerprint density at radius 2 is 2.06 bits per heavy atom. The quantitative estimate of drug-likeness (QED) is 0.862. The maximum Gasteiger partial charge on any atom is 0.122 e. The lowest BCUT2D eigenvalue weighted by atomic mass is 10.0. The lowest BCUT2D eigenvalue weighted by Crippen LogP contribution is -2.14. The van der Waals surface area contributed by atoms with Crippen LogP contribution < -0.4 is 10.5 Å². The molecule has 0 radical (unpaired) electrons. The Kier molecular flexibility index (Phi) is 4.79. The normalized spacial score (nSPS) is 12.3. The molecule has 0 aliphatic heterocycles. The summed E-state index contributed by atoms with van der Waals surface area (Å²) in [6, 6.07) is 12.3. The summed E-state index contributed by atoms with van der Waals surface area (Å²) >= 11 is 1.77. The van der Waals surface area contributed by atoms with Gasteiger partial charge in [0.05, 0.1) is 6.61 Å². The number of benzene rings is 1. The van der Waals surface area contributed by atoms with Gasteiger partial charge < -0.3 is 10.5 Å². The maximum absolute atomic E-state index is 5.82. The third kappa shape index (κ3) is 3.34. The molecule has 3 heteroatoms. The molecule has 1 heterocycles. The third-order valence-corrected chi connectivity index (χ3v) is 4.08. The summed E-state index contributed by atoms with van der Waals surface area (Å²) in [6.07, 6.45) is 0.964. The summed E-state index contributed by atoms with van der Waals surface area (Å²) in [4.78, 5) is 1.35. The van der Waals surface area contributed by atoms with Crippen LogP contribution >= 0.6 is 11.3 Å². The van der Waals surface area contributed by atoms with Crippen molar-refractivity contribution in [2.75, 3.05) is 13.2 Å². The van der Waals surface area contributed by atoms with Crippen molar-refractivity contribution >= 4 is 11.3 Å². The first kappa shape index (κ1) is 13.1. The van der Waals surface area contributed by atoms with E-state index in [0.29, 0.717) is 19.1 Å². The van der Waals surface area contributed by atoms with Crippen LogP contribution in [0.25, 0.3) is 0 Å². The Morgan fingerprint density at radius 1 is 1.22 bits per heavy atom. The van der Waals surface area contributed by atoms with E-state index in [0.717, 1.165) is 12.2 Å². The third-order valence-electron chi connectivity index (χ3n) is 3.05. The summed E-state index contributed by atoms with van der Waals surface area (Å²) < 4.78 is 5.82. The van der Waals surface area contributed by atoms with Crippen molar-refractivity contribution in [2.45, 2.75) is 19.3 Å². The Hall–Kier alpha value is -1.32. The Morgan fingerprint density at radius 3 is 2.72 bits per heavy atom. The largest absolute Gasteiger partial charge is 0.493 e. The van der Waals surface area contributed by atoms with E-state index in [-0.39, 0.29) is 0 Å². The first-order valence-corrected chi connectivity index (χ1v) is 7.11. The molecule has 2 N–H and O–H groups in total. The zero-order valence-electron chi connectivity index (χ0n) is 10.6. The highest BCUT2D eigenvalue weighted by Crippen LogP contribution is 2.24. The van der Waals surface area contributed by atoms with Crippen LogP contribution in [-0.2, 0) is 0 Å². The zero-order valence-corrected chi connectivity index (χ0v) is 11.5. The lowest BCUT2D eigenvalue weighted by molar-refractivity contribution is 0.297. The molecule has 0 saturated heterocycles. The first-order chi connectivity index (χ1) is 8.81. The molecule has 0 aliphatic rings. The molecule has 18 heavy (non-hydrogen) atoms. The van der Waals surface area contributed by atoms with Gasteiger partial charge in [-0.05, 0) is 36.4 Å². The smallest absolute Gasteiger partial charge is 0.122 e. The summed E-state index contributed by atoms with van der Waals surface area (Å²) in [5.41, 5.74) is 7.00. The Bertz CT molecular complexity index is 467. The average Bonchev–Trinajstić information content (AvgIpc) is 2.90. The highest BCUT2D eigenvalue weighted by Gasteiger charge is 2.11. The molecule has 1 aromatic heterocycles. The van der Waals surface area contributed by atoms with Gasteiger partial charge in [0, 0.05) is 17.3 Å². The van der Waals surface area contributed by atoms with Crippen LogP contribution in [0.2, 0.25) is 0 Å². The molecule has 2 nitrogen and oxygen atoms in total. The molecular formula is C15H19NOS. The van der Waals surface area contributed by atoms with Crippen molar-refractivity contribution < 1.29 is 4.74 Å². The Labute approximate surface area is 112 Å². The maximum atomic E-state index is 5.82. The van der Waals surface area contributed by atoms with E-state index in [1.54, 1.807) is 11.3 Å². The van der Waals surface area contributed by atoms with E-state index < -0.39 is 0 Å².